The number of hydrogen-bond acceptors (Lipinski definition) is 3. The van der Waals surface area contributed by atoms with E-state index in [1.54, 1.807) is 17.1 Å². The molecule has 0 fully saturated rings. The highest BCUT2D eigenvalue weighted by Crippen LogP contribution is 2.22. The maximum absolute atomic E-state index is 5.97. The minimum absolute atomic E-state index is 0.624. The Kier molecular flexibility index (Phi) is 3.67. The van der Waals surface area contributed by atoms with Crippen LogP contribution in [0.2, 0.25) is 5.02 Å². The maximum Gasteiger partial charge on any atom is 0.0790 e. The van der Waals surface area contributed by atoms with Crippen LogP contribution in [-0.4, -0.2) is 21.3 Å². The minimum Gasteiger partial charge on any atom is -0.311 e. The van der Waals surface area contributed by atoms with Crippen LogP contribution in [0.25, 0.3) is 16.6 Å². The van der Waals surface area contributed by atoms with E-state index in [2.05, 4.69) is 22.3 Å². The highest BCUT2D eigenvalue weighted by atomic mass is 35.5. The zero-order valence-corrected chi connectivity index (χ0v) is 11.9. The lowest BCUT2D eigenvalue weighted by Crippen LogP contribution is -2.13. The first-order valence-electron chi connectivity index (χ1n) is 6.58. The van der Waals surface area contributed by atoms with Gasteiger partial charge in [-0.2, -0.15) is 5.10 Å². The Bertz CT molecular complexity index is 736. The van der Waals surface area contributed by atoms with Crippen LogP contribution in [0.3, 0.4) is 0 Å². The summed E-state index contributed by atoms with van der Waals surface area (Å²) in [5.41, 5.74) is 2.95. The minimum atomic E-state index is 0.624. The Hall–Kier alpha value is -1.91. The van der Waals surface area contributed by atoms with Gasteiger partial charge < -0.3 is 5.32 Å². The van der Waals surface area contributed by atoms with E-state index >= 15 is 0 Å². The topological polar surface area (TPSA) is 42.7 Å². The first kappa shape index (κ1) is 13.1. The van der Waals surface area contributed by atoms with Gasteiger partial charge >= 0.3 is 0 Å². The normalized spacial score (nSPS) is 11.1. The molecule has 3 rings (SSSR count). The number of aromatic nitrogens is 3. The zero-order valence-electron chi connectivity index (χ0n) is 11.2. The van der Waals surface area contributed by atoms with Crippen molar-refractivity contribution in [2.24, 2.45) is 0 Å². The van der Waals surface area contributed by atoms with Crippen LogP contribution in [-0.2, 0) is 6.54 Å². The fourth-order valence-electron chi connectivity index (χ4n) is 2.18. The fourth-order valence-corrected chi connectivity index (χ4v) is 2.31. The molecule has 1 aromatic carbocycles. The second kappa shape index (κ2) is 5.61. The highest BCUT2D eigenvalue weighted by Gasteiger charge is 2.08. The van der Waals surface area contributed by atoms with Crippen LogP contribution in [0.5, 0.6) is 0 Å². The van der Waals surface area contributed by atoms with E-state index in [1.807, 2.05) is 30.3 Å². The van der Waals surface area contributed by atoms with E-state index in [-0.39, 0.29) is 0 Å². The summed E-state index contributed by atoms with van der Waals surface area (Å²) in [6.45, 7) is 3.73. The van der Waals surface area contributed by atoms with Crippen molar-refractivity contribution in [3.63, 3.8) is 0 Å². The summed E-state index contributed by atoms with van der Waals surface area (Å²) in [6.07, 6.45) is 3.45. The predicted molar refractivity (Wildman–Crippen MR) is 81.3 cm³/mol. The van der Waals surface area contributed by atoms with E-state index in [1.165, 1.54) is 0 Å². The average Bonchev–Trinajstić information content (AvgIpc) is 2.90. The van der Waals surface area contributed by atoms with Gasteiger partial charge in [0.25, 0.3) is 0 Å². The Morgan fingerprint density at radius 2 is 2.15 bits per heavy atom. The van der Waals surface area contributed by atoms with Gasteiger partial charge in [-0.15, -0.1) is 0 Å². The van der Waals surface area contributed by atoms with Crippen LogP contribution in [0.1, 0.15) is 12.6 Å². The third-order valence-corrected chi connectivity index (χ3v) is 3.30. The molecule has 2 heterocycles. The van der Waals surface area contributed by atoms with E-state index in [0.717, 1.165) is 35.4 Å². The van der Waals surface area contributed by atoms with Gasteiger partial charge in [0, 0.05) is 18.1 Å². The molecule has 0 unspecified atom stereocenters. The molecule has 20 heavy (non-hydrogen) atoms. The smallest absolute Gasteiger partial charge is 0.0790 e. The molecule has 0 radical (unpaired) electrons. The Balaban J connectivity index is 2.17. The number of benzene rings is 1. The molecular weight excluding hydrogens is 272 g/mol. The maximum atomic E-state index is 5.97. The number of hydrogen-bond donors (Lipinski definition) is 1. The first-order chi connectivity index (χ1) is 9.78. The molecule has 3 aromatic rings. The Labute approximate surface area is 122 Å². The molecule has 0 aliphatic heterocycles. The van der Waals surface area contributed by atoms with Crippen molar-refractivity contribution in [3.8, 4) is 5.69 Å². The van der Waals surface area contributed by atoms with Gasteiger partial charge in [-0.25, -0.2) is 4.68 Å². The van der Waals surface area contributed by atoms with Crippen LogP contribution in [0.15, 0.2) is 42.7 Å². The summed E-state index contributed by atoms with van der Waals surface area (Å²) in [4.78, 5) is 4.67. The van der Waals surface area contributed by atoms with Crippen molar-refractivity contribution in [1.29, 1.82) is 0 Å². The highest BCUT2D eigenvalue weighted by molar-refractivity contribution is 6.30. The first-order valence-corrected chi connectivity index (χ1v) is 6.95. The molecule has 0 saturated heterocycles. The molecule has 0 bridgehead atoms. The van der Waals surface area contributed by atoms with Crippen LogP contribution < -0.4 is 5.32 Å². The molecule has 4 nitrogen and oxygen atoms in total. The van der Waals surface area contributed by atoms with E-state index in [9.17, 15) is 0 Å². The quantitative estimate of drug-likeness (QED) is 0.801. The van der Waals surface area contributed by atoms with Gasteiger partial charge in [-0.05, 0) is 18.7 Å². The average molecular weight is 287 g/mol. The summed E-state index contributed by atoms with van der Waals surface area (Å²) in [7, 11) is 0. The lowest BCUT2D eigenvalue weighted by molar-refractivity contribution is 0.711. The second-order valence-corrected chi connectivity index (χ2v) is 4.97. The molecule has 0 saturated carbocycles. The molecule has 0 aliphatic rings. The van der Waals surface area contributed by atoms with Gasteiger partial charge in [0.2, 0.25) is 0 Å². The van der Waals surface area contributed by atoms with Crippen molar-refractivity contribution >= 4 is 22.5 Å². The number of rotatable bonds is 4. The van der Waals surface area contributed by atoms with Crippen molar-refractivity contribution < 1.29 is 0 Å². The third kappa shape index (κ3) is 2.53. The van der Waals surface area contributed by atoms with E-state index in [4.69, 9.17) is 11.6 Å². The summed E-state index contributed by atoms with van der Waals surface area (Å²) in [5.74, 6) is 0. The molecule has 2 aromatic heterocycles. The van der Waals surface area contributed by atoms with Gasteiger partial charge in [0.05, 0.1) is 28.1 Å². The second-order valence-electron chi connectivity index (χ2n) is 4.53. The lowest BCUT2D eigenvalue weighted by Gasteiger charge is -2.10. The Morgan fingerprint density at radius 1 is 1.30 bits per heavy atom. The van der Waals surface area contributed by atoms with Crippen LogP contribution >= 0.6 is 11.6 Å². The summed E-state index contributed by atoms with van der Waals surface area (Å²) < 4.78 is 1.79. The summed E-state index contributed by atoms with van der Waals surface area (Å²) in [5, 5.41) is 9.28. The molecule has 5 heteroatoms. The summed E-state index contributed by atoms with van der Waals surface area (Å²) >= 11 is 5.97. The number of fused-ring (bicyclic) bond motifs is 1. The van der Waals surface area contributed by atoms with Crippen molar-refractivity contribution in [2.75, 3.05) is 6.54 Å². The number of halogens is 1. The molecule has 0 atom stereocenters. The molecule has 0 spiro atoms. The lowest BCUT2D eigenvalue weighted by atomic mass is 10.1. The van der Waals surface area contributed by atoms with Gasteiger partial charge in [-0.3, -0.25) is 4.98 Å². The van der Waals surface area contributed by atoms with Gasteiger partial charge in [0.1, 0.15) is 0 Å². The van der Waals surface area contributed by atoms with E-state index < -0.39 is 0 Å². The number of pyridine rings is 1. The summed E-state index contributed by atoms with van der Waals surface area (Å²) in [6, 6.07) is 10.1. The predicted octanol–water partition coefficient (Wildman–Crippen LogP) is 3.18. The SMILES string of the molecule is CCNCc1cc(-n2cc(Cl)cn2)c2ccccc2n1. The van der Waals surface area contributed by atoms with Crippen molar-refractivity contribution in [2.45, 2.75) is 13.5 Å². The molecule has 1 N–H and O–H groups in total. The Morgan fingerprint density at radius 3 is 2.90 bits per heavy atom. The molecule has 102 valence electrons. The molecule has 0 amide bonds. The number of nitrogens with one attached hydrogen (secondary N) is 1. The largest absolute Gasteiger partial charge is 0.311 e. The molecular formula is C15H15ClN4. The van der Waals surface area contributed by atoms with Crippen molar-refractivity contribution in [3.05, 3.63) is 53.4 Å². The third-order valence-electron chi connectivity index (χ3n) is 3.10. The zero-order chi connectivity index (χ0) is 13.9. The number of para-hydroxylation sites is 1. The van der Waals surface area contributed by atoms with Crippen molar-refractivity contribution in [1.82, 2.24) is 20.1 Å². The van der Waals surface area contributed by atoms with Gasteiger partial charge in [-0.1, -0.05) is 36.7 Å². The van der Waals surface area contributed by atoms with Crippen LogP contribution in [0, 0.1) is 0 Å². The standard InChI is InChI=1S/C15H15ClN4/c1-2-17-9-12-7-15(20-10-11(16)8-18-20)13-5-3-4-6-14(13)19-12/h3-8,10,17H,2,9H2,1H3. The number of nitrogens with zero attached hydrogens (tertiary/aromatic N) is 3. The monoisotopic (exact) mass is 286 g/mol. The van der Waals surface area contributed by atoms with Crippen LogP contribution in [0.4, 0.5) is 0 Å². The van der Waals surface area contributed by atoms with E-state index in [0.29, 0.717) is 5.02 Å². The molecule has 0 aliphatic carbocycles. The van der Waals surface area contributed by atoms with Gasteiger partial charge in [0.15, 0.2) is 0 Å². The fraction of sp³-hybridized carbons (Fsp3) is 0.200.